The lowest BCUT2D eigenvalue weighted by Crippen LogP contribution is -2.59. The van der Waals surface area contributed by atoms with Crippen LogP contribution in [0.1, 0.15) is 26.3 Å². The quantitative estimate of drug-likeness (QED) is 0.806. The van der Waals surface area contributed by atoms with E-state index in [0.717, 1.165) is 5.69 Å². The maximum atomic E-state index is 12.3. The molecule has 0 bridgehead atoms. The summed E-state index contributed by atoms with van der Waals surface area (Å²) in [6, 6.07) is 6.29. The highest BCUT2D eigenvalue weighted by atomic mass is 79.9. The van der Waals surface area contributed by atoms with E-state index in [2.05, 4.69) is 22.0 Å². The molecule has 0 saturated carbocycles. The minimum atomic E-state index is -1.08. The van der Waals surface area contributed by atoms with Gasteiger partial charge in [0.1, 0.15) is 17.7 Å². The van der Waals surface area contributed by atoms with Crippen molar-refractivity contribution in [3.63, 3.8) is 0 Å². The van der Waals surface area contributed by atoms with Crippen LogP contribution in [-0.2, 0) is 9.53 Å². The van der Waals surface area contributed by atoms with Crippen LogP contribution in [0.4, 0.5) is 10.5 Å². The number of amides is 1. The maximum Gasteiger partial charge on any atom is 0.411 e. The molecule has 1 amide bonds. The van der Waals surface area contributed by atoms with Crippen LogP contribution in [0, 0.1) is 11.3 Å². The fraction of sp³-hybridized carbons (Fsp3) is 0.471. The Bertz CT molecular complexity index is 724. The monoisotopic (exact) mass is 409 g/mol. The summed E-state index contributed by atoms with van der Waals surface area (Å²) in [5.74, 6) is -1.08. The SMILES string of the molecule is CC(C)(C)OC(=O)N1CCN(c2ccc(C#N)c(Br)c2)CC1C(=O)O. The van der Waals surface area contributed by atoms with Crippen molar-refractivity contribution in [2.75, 3.05) is 24.5 Å². The van der Waals surface area contributed by atoms with E-state index in [1.807, 2.05) is 4.90 Å². The molecule has 1 saturated heterocycles. The van der Waals surface area contributed by atoms with Gasteiger partial charge in [0.15, 0.2) is 0 Å². The van der Waals surface area contributed by atoms with E-state index in [1.165, 1.54) is 4.90 Å². The van der Waals surface area contributed by atoms with Crippen LogP contribution in [0.2, 0.25) is 0 Å². The second-order valence-corrected chi connectivity index (χ2v) is 7.60. The lowest BCUT2D eigenvalue weighted by Gasteiger charge is -2.40. The van der Waals surface area contributed by atoms with Gasteiger partial charge in [-0.1, -0.05) is 0 Å². The smallest absolute Gasteiger partial charge is 0.411 e. The van der Waals surface area contributed by atoms with Gasteiger partial charge in [-0.05, 0) is 54.9 Å². The Morgan fingerprint density at radius 2 is 2.04 bits per heavy atom. The van der Waals surface area contributed by atoms with Crippen LogP contribution in [-0.4, -0.2) is 53.3 Å². The first kappa shape index (κ1) is 19.1. The van der Waals surface area contributed by atoms with Gasteiger partial charge in [-0.2, -0.15) is 5.26 Å². The molecule has 7 nitrogen and oxygen atoms in total. The molecule has 0 spiro atoms. The summed E-state index contributed by atoms with van der Waals surface area (Å²) in [7, 11) is 0. The maximum absolute atomic E-state index is 12.3. The molecule has 25 heavy (non-hydrogen) atoms. The van der Waals surface area contributed by atoms with Crippen molar-refractivity contribution in [3.8, 4) is 6.07 Å². The average Bonchev–Trinajstić information content (AvgIpc) is 2.52. The van der Waals surface area contributed by atoms with Crippen LogP contribution < -0.4 is 4.90 Å². The zero-order valence-corrected chi connectivity index (χ0v) is 15.9. The van der Waals surface area contributed by atoms with Gasteiger partial charge < -0.3 is 14.7 Å². The highest BCUT2D eigenvalue weighted by Gasteiger charge is 2.37. The molecular formula is C17H20BrN3O4. The van der Waals surface area contributed by atoms with Crippen molar-refractivity contribution in [3.05, 3.63) is 28.2 Å². The van der Waals surface area contributed by atoms with Crippen molar-refractivity contribution in [1.29, 1.82) is 5.26 Å². The van der Waals surface area contributed by atoms with E-state index in [4.69, 9.17) is 10.00 Å². The minimum absolute atomic E-state index is 0.146. The molecule has 1 fully saturated rings. The first-order valence-electron chi connectivity index (χ1n) is 7.79. The second kappa shape index (κ2) is 7.31. The summed E-state index contributed by atoms with van der Waals surface area (Å²) in [6.45, 7) is 6.08. The predicted molar refractivity (Wildman–Crippen MR) is 95.4 cm³/mol. The number of nitrogens with zero attached hydrogens (tertiary/aromatic N) is 3. The number of aliphatic carboxylic acids is 1. The highest BCUT2D eigenvalue weighted by Crippen LogP contribution is 2.26. The van der Waals surface area contributed by atoms with Gasteiger partial charge in [0.25, 0.3) is 0 Å². The van der Waals surface area contributed by atoms with E-state index in [-0.39, 0.29) is 13.1 Å². The van der Waals surface area contributed by atoms with Crippen molar-refractivity contribution in [1.82, 2.24) is 4.90 Å². The molecule has 1 aromatic rings. The molecule has 1 atom stereocenters. The van der Waals surface area contributed by atoms with Gasteiger partial charge in [-0.3, -0.25) is 4.90 Å². The van der Waals surface area contributed by atoms with Gasteiger partial charge in [0, 0.05) is 29.8 Å². The number of hydrogen-bond donors (Lipinski definition) is 1. The number of carboxylic acid groups (broad SMARTS) is 1. The lowest BCUT2D eigenvalue weighted by molar-refractivity contribution is -0.143. The van der Waals surface area contributed by atoms with Gasteiger partial charge >= 0.3 is 12.1 Å². The number of carbonyl (C=O) groups is 2. The predicted octanol–water partition coefficient (Wildman–Crippen LogP) is 2.83. The summed E-state index contributed by atoms with van der Waals surface area (Å²) in [4.78, 5) is 27.1. The Kier molecular flexibility index (Phi) is 5.58. The summed E-state index contributed by atoms with van der Waals surface area (Å²) in [6.07, 6.45) is -0.624. The highest BCUT2D eigenvalue weighted by molar-refractivity contribution is 9.10. The molecule has 0 radical (unpaired) electrons. The van der Waals surface area contributed by atoms with E-state index in [1.54, 1.807) is 39.0 Å². The van der Waals surface area contributed by atoms with E-state index >= 15 is 0 Å². The molecule has 1 unspecified atom stereocenters. The number of anilines is 1. The van der Waals surface area contributed by atoms with E-state index < -0.39 is 23.7 Å². The van der Waals surface area contributed by atoms with E-state index in [0.29, 0.717) is 16.6 Å². The van der Waals surface area contributed by atoms with Gasteiger partial charge in [0.2, 0.25) is 0 Å². The summed E-state index contributed by atoms with van der Waals surface area (Å²) >= 11 is 3.34. The standard InChI is InChI=1S/C17H20BrN3O4/c1-17(2,3)25-16(24)21-7-6-20(10-14(21)15(22)23)12-5-4-11(9-19)13(18)8-12/h4-5,8,14H,6-7,10H2,1-3H3,(H,22,23). The Labute approximate surface area is 154 Å². The minimum Gasteiger partial charge on any atom is -0.480 e. The molecule has 1 heterocycles. The molecule has 0 aliphatic carbocycles. The number of nitriles is 1. The van der Waals surface area contributed by atoms with Gasteiger partial charge in [0.05, 0.1) is 5.56 Å². The molecule has 8 heteroatoms. The van der Waals surface area contributed by atoms with Crippen LogP contribution >= 0.6 is 15.9 Å². The fourth-order valence-electron chi connectivity index (χ4n) is 2.56. The Morgan fingerprint density at radius 3 is 2.56 bits per heavy atom. The Hall–Kier alpha value is -2.27. The topological polar surface area (TPSA) is 93.9 Å². The second-order valence-electron chi connectivity index (χ2n) is 6.75. The lowest BCUT2D eigenvalue weighted by atomic mass is 10.1. The largest absolute Gasteiger partial charge is 0.480 e. The van der Waals surface area contributed by atoms with E-state index in [9.17, 15) is 14.7 Å². The van der Waals surface area contributed by atoms with Crippen LogP contribution in [0.3, 0.4) is 0 Å². The third kappa shape index (κ3) is 4.63. The molecule has 1 aromatic carbocycles. The first-order valence-corrected chi connectivity index (χ1v) is 8.58. The third-order valence-electron chi connectivity index (χ3n) is 3.73. The fourth-order valence-corrected chi connectivity index (χ4v) is 3.01. The molecule has 134 valence electrons. The summed E-state index contributed by atoms with van der Waals surface area (Å²) in [5, 5.41) is 18.5. The first-order chi connectivity index (χ1) is 11.6. The molecule has 1 aliphatic heterocycles. The molecular weight excluding hydrogens is 390 g/mol. The zero-order chi connectivity index (χ0) is 18.8. The van der Waals surface area contributed by atoms with Gasteiger partial charge in [-0.25, -0.2) is 9.59 Å². The average molecular weight is 410 g/mol. The van der Waals surface area contributed by atoms with Crippen LogP contribution in [0.5, 0.6) is 0 Å². The molecule has 2 rings (SSSR count). The third-order valence-corrected chi connectivity index (χ3v) is 4.39. The normalized spacial score (nSPS) is 17.8. The van der Waals surface area contributed by atoms with Crippen molar-refractivity contribution in [2.24, 2.45) is 0 Å². The van der Waals surface area contributed by atoms with Crippen molar-refractivity contribution in [2.45, 2.75) is 32.4 Å². The van der Waals surface area contributed by atoms with Crippen LogP contribution in [0.25, 0.3) is 0 Å². The number of hydrogen-bond acceptors (Lipinski definition) is 5. The Morgan fingerprint density at radius 1 is 1.36 bits per heavy atom. The molecule has 1 aliphatic rings. The number of carbonyl (C=O) groups excluding carboxylic acids is 1. The Balaban J connectivity index is 2.19. The number of benzene rings is 1. The number of ether oxygens (including phenoxy) is 1. The van der Waals surface area contributed by atoms with Crippen molar-refractivity contribution >= 4 is 33.7 Å². The number of carboxylic acids is 1. The molecule has 1 N–H and O–H groups in total. The zero-order valence-electron chi connectivity index (χ0n) is 14.3. The summed E-state index contributed by atoms with van der Waals surface area (Å²) < 4.78 is 5.96. The van der Waals surface area contributed by atoms with Gasteiger partial charge in [-0.15, -0.1) is 0 Å². The van der Waals surface area contributed by atoms with Crippen LogP contribution in [0.15, 0.2) is 22.7 Å². The number of rotatable bonds is 2. The van der Waals surface area contributed by atoms with Crippen molar-refractivity contribution < 1.29 is 19.4 Å². The number of halogens is 1. The number of piperazine rings is 1. The molecule has 0 aromatic heterocycles. The summed E-state index contributed by atoms with van der Waals surface area (Å²) in [5.41, 5.74) is 0.613.